The van der Waals surface area contributed by atoms with E-state index >= 15 is 0 Å². The van der Waals surface area contributed by atoms with Crippen molar-refractivity contribution < 1.29 is 19.5 Å². The van der Waals surface area contributed by atoms with Gasteiger partial charge in [0.2, 0.25) is 6.41 Å². The van der Waals surface area contributed by atoms with Gasteiger partial charge in [-0.15, -0.1) is 0 Å². The van der Waals surface area contributed by atoms with E-state index in [4.69, 9.17) is 26.3 Å². The predicted octanol–water partition coefficient (Wildman–Crippen LogP) is 2.79. The number of benzene rings is 1. The fraction of sp³-hybridized carbons (Fsp3) is 0.462. The van der Waals surface area contributed by atoms with E-state index < -0.39 is 0 Å². The fourth-order valence-electron chi connectivity index (χ4n) is 1.49. The topological polar surface area (TPSA) is 59.0 Å². The van der Waals surface area contributed by atoms with E-state index in [1.807, 2.05) is 0 Å². The van der Waals surface area contributed by atoms with Crippen LogP contribution >= 0.6 is 11.6 Å². The lowest BCUT2D eigenvalue weighted by molar-refractivity contribution is -0.152. The van der Waals surface area contributed by atoms with Crippen LogP contribution in [0.3, 0.4) is 0 Å². The number of amides is 1. The SMILES string of the molecule is CCCCOc1ccc(CN(O)C=O)cc1OCCl. The second kappa shape index (κ2) is 8.61. The van der Waals surface area contributed by atoms with Crippen molar-refractivity contribution in [3.8, 4) is 11.5 Å². The normalized spacial score (nSPS) is 10.1. The molecule has 6 heteroatoms. The zero-order valence-corrected chi connectivity index (χ0v) is 11.6. The van der Waals surface area contributed by atoms with Crippen LogP contribution in [0.15, 0.2) is 18.2 Å². The van der Waals surface area contributed by atoms with Gasteiger partial charge in [0.05, 0.1) is 13.2 Å². The van der Waals surface area contributed by atoms with Crippen LogP contribution in [0.25, 0.3) is 0 Å². The molecule has 0 spiro atoms. The number of hydrogen-bond donors (Lipinski definition) is 1. The van der Waals surface area contributed by atoms with Crippen LogP contribution in [0, 0.1) is 0 Å². The zero-order chi connectivity index (χ0) is 14.1. The van der Waals surface area contributed by atoms with E-state index in [9.17, 15) is 4.79 Å². The Morgan fingerprint density at radius 2 is 2.16 bits per heavy atom. The molecule has 0 radical (unpaired) electrons. The van der Waals surface area contributed by atoms with Gasteiger partial charge in [-0.25, -0.2) is 5.06 Å². The number of carbonyl (C=O) groups excluding carboxylic acids is 1. The first kappa shape index (κ1) is 15.6. The number of rotatable bonds is 9. The van der Waals surface area contributed by atoms with Gasteiger partial charge in [0.25, 0.3) is 0 Å². The summed E-state index contributed by atoms with van der Waals surface area (Å²) in [5.74, 6) is 1.11. The van der Waals surface area contributed by atoms with Crippen molar-refractivity contribution in [1.29, 1.82) is 0 Å². The molecule has 0 bridgehead atoms. The van der Waals surface area contributed by atoms with Crippen molar-refractivity contribution in [1.82, 2.24) is 5.06 Å². The highest BCUT2D eigenvalue weighted by atomic mass is 35.5. The van der Waals surface area contributed by atoms with Gasteiger partial charge < -0.3 is 9.47 Å². The maximum Gasteiger partial charge on any atom is 0.233 e. The third-order valence-electron chi connectivity index (χ3n) is 2.44. The Kier molecular flexibility index (Phi) is 7.07. The quantitative estimate of drug-likeness (QED) is 0.249. The Labute approximate surface area is 117 Å². The van der Waals surface area contributed by atoms with Crippen LogP contribution < -0.4 is 9.47 Å². The molecule has 0 aliphatic carbocycles. The third-order valence-corrected chi connectivity index (χ3v) is 2.55. The van der Waals surface area contributed by atoms with Crippen LogP contribution in [0.5, 0.6) is 11.5 Å². The maximum absolute atomic E-state index is 10.4. The lowest BCUT2D eigenvalue weighted by Gasteiger charge is -2.14. The highest BCUT2D eigenvalue weighted by Crippen LogP contribution is 2.29. The summed E-state index contributed by atoms with van der Waals surface area (Å²) < 4.78 is 10.9. The van der Waals surface area contributed by atoms with E-state index in [-0.39, 0.29) is 12.6 Å². The number of unbranched alkanes of at least 4 members (excludes halogenated alkanes) is 1. The molecule has 0 aromatic heterocycles. The first-order valence-electron chi connectivity index (χ1n) is 6.06. The molecule has 0 saturated carbocycles. The van der Waals surface area contributed by atoms with E-state index in [0.29, 0.717) is 29.6 Å². The molecule has 0 atom stereocenters. The molecular weight excluding hydrogens is 270 g/mol. The zero-order valence-electron chi connectivity index (χ0n) is 10.8. The van der Waals surface area contributed by atoms with Crippen LogP contribution in [0.2, 0.25) is 0 Å². The highest BCUT2D eigenvalue weighted by Gasteiger charge is 2.08. The van der Waals surface area contributed by atoms with Crippen molar-refractivity contribution in [2.45, 2.75) is 26.3 Å². The molecule has 0 aliphatic rings. The molecule has 1 N–H and O–H groups in total. The second-order valence-corrected chi connectivity index (χ2v) is 4.16. The summed E-state index contributed by atoms with van der Waals surface area (Å²) in [6.45, 7) is 2.77. The van der Waals surface area contributed by atoms with Gasteiger partial charge in [0.15, 0.2) is 17.6 Å². The molecule has 0 unspecified atom stereocenters. The summed E-state index contributed by atoms with van der Waals surface area (Å²) in [5, 5.41) is 9.69. The first-order valence-corrected chi connectivity index (χ1v) is 6.60. The minimum absolute atomic E-state index is 0.00408. The molecule has 0 fully saturated rings. The third kappa shape index (κ3) is 5.36. The molecule has 1 aromatic carbocycles. The average Bonchev–Trinajstić information content (AvgIpc) is 2.41. The number of nitrogens with zero attached hydrogens (tertiary/aromatic N) is 1. The summed E-state index contributed by atoms with van der Waals surface area (Å²) >= 11 is 5.56. The molecule has 1 amide bonds. The summed E-state index contributed by atoms with van der Waals surface area (Å²) in [5.41, 5.74) is 0.720. The summed E-state index contributed by atoms with van der Waals surface area (Å²) in [6, 6.07) is 5.20. The molecule has 106 valence electrons. The van der Waals surface area contributed by atoms with Crippen LogP contribution in [-0.2, 0) is 11.3 Å². The molecular formula is C13H18ClNO4. The number of halogens is 1. The standard InChI is InChI=1S/C13H18ClNO4/c1-2-3-6-18-12-5-4-11(8-15(17)10-16)7-13(12)19-9-14/h4-5,7,10,17H,2-3,6,8-9H2,1H3. The van der Waals surface area contributed by atoms with Crippen LogP contribution in [-0.4, -0.2) is 29.4 Å². The van der Waals surface area contributed by atoms with Crippen molar-refractivity contribution >= 4 is 18.0 Å². The van der Waals surface area contributed by atoms with Gasteiger partial charge in [0.1, 0.15) is 0 Å². The summed E-state index contributed by atoms with van der Waals surface area (Å²) in [4.78, 5) is 10.4. The van der Waals surface area contributed by atoms with E-state index in [1.165, 1.54) is 0 Å². The maximum atomic E-state index is 10.4. The number of carbonyl (C=O) groups is 1. The highest BCUT2D eigenvalue weighted by molar-refractivity contribution is 6.17. The lowest BCUT2D eigenvalue weighted by Crippen LogP contribution is -2.15. The van der Waals surface area contributed by atoms with Gasteiger partial charge in [-0.1, -0.05) is 31.0 Å². The van der Waals surface area contributed by atoms with Crippen molar-refractivity contribution in [3.63, 3.8) is 0 Å². The monoisotopic (exact) mass is 287 g/mol. The van der Waals surface area contributed by atoms with Crippen molar-refractivity contribution in [2.75, 3.05) is 12.7 Å². The molecule has 0 aliphatic heterocycles. The number of hydroxylamine groups is 2. The summed E-state index contributed by atoms with van der Waals surface area (Å²) in [7, 11) is 0. The molecule has 0 heterocycles. The van der Waals surface area contributed by atoms with Gasteiger partial charge in [-0.2, -0.15) is 0 Å². The molecule has 1 aromatic rings. The van der Waals surface area contributed by atoms with Crippen LogP contribution in [0.4, 0.5) is 0 Å². The van der Waals surface area contributed by atoms with Crippen molar-refractivity contribution in [2.24, 2.45) is 0 Å². The minimum Gasteiger partial charge on any atom is -0.490 e. The molecule has 5 nitrogen and oxygen atoms in total. The number of ether oxygens (including phenoxy) is 2. The number of hydrogen-bond acceptors (Lipinski definition) is 4. The van der Waals surface area contributed by atoms with Gasteiger partial charge in [-0.3, -0.25) is 10.0 Å². The largest absolute Gasteiger partial charge is 0.490 e. The number of alkyl halides is 1. The molecule has 19 heavy (non-hydrogen) atoms. The Bertz CT molecular complexity index is 400. The van der Waals surface area contributed by atoms with Gasteiger partial charge in [0, 0.05) is 0 Å². The molecule has 1 rings (SSSR count). The Balaban J connectivity index is 2.78. The van der Waals surface area contributed by atoms with E-state index in [2.05, 4.69) is 6.92 Å². The first-order chi connectivity index (χ1) is 9.21. The molecule has 0 saturated heterocycles. The van der Waals surface area contributed by atoms with E-state index in [0.717, 1.165) is 18.4 Å². The van der Waals surface area contributed by atoms with Gasteiger partial charge in [-0.05, 0) is 24.1 Å². The lowest BCUT2D eigenvalue weighted by atomic mass is 10.2. The fourth-order valence-corrected chi connectivity index (χ4v) is 1.61. The smallest absolute Gasteiger partial charge is 0.233 e. The minimum atomic E-state index is 0.00408. The Morgan fingerprint density at radius 1 is 1.37 bits per heavy atom. The van der Waals surface area contributed by atoms with Gasteiger partial charge >= 0.3 is 0 Å². The summed E-state index contributed by atoms with van der Waals surface area (Å²) in [6.07, 6.45) is 2.34. The predicted molar refractivity (Wildman–Crippen MR) is 71.6 cm³/mol. The average molecular weight is 288 g/mol. The Hall–Kier alpha value is -1.46. The second-order valence-electron chi connectivity index (χ2n) is 3.94. The Morgan fingerprint density at radius 3 is 2.79 bits per heavy atom. The van der Waals surface area contributed by atoms with Crippen molar-refractivity contribution in [3.05, 3.63) is 23.8 Å². The van der Waals surface area contributed by atoms with Crippen LogP contribution in [0.1, 0.15) is 25.3 Å². The van der Waals surface area contributed by atoms with E-state index in [1.54, 1.807) is 18.2 Å².